The van der Waals surface area contributed by atoms with Crippen LogP contribution in [-0.4, -0.2) is 24.1 Å². The maximum Gasteiger partial charge on any atom is 0.237 e. The van der Waals surface area contributed by atoms with Crippen molar-refractivity contribution in [1.29, 1.82) is 0 Å². The van der Waals surface area contributed by atoms with Gasteiger partial charge in [0.05, 0.1) is 22.1 Å². The molecule has 5 nitrogen and oxygen atoms in total. The minimum Gasteiger partial charge on any atom is -0.309 e. The molecule has 0 aliphatic carbocycles. The highest BCUT2D eigenvalue weighted by Crippen LogP contribution is 2.42. The van der Waals surface area contributed by atoms with Gasteiger partial charge in [0.2, 0.25) is 5.95 Å². The largest absolute Gasteiger partial charge is 0.309 e. The summed E-state index contributed by atoms with van der Waals surface area (Å²) in [6, 6.07) is 36.8. The summed E-state index contributed by atoms with van der Waals surface area (Å²) in [5.74, 6) is 0.615. The fourth-order valence-corrected chi connectivity index (χ4v) is 5.65. The summed E-state index contributed by atoms with van der Waals surface area (Å²) < 4.78 is 4.54. The Balaban J connectivity index is 1.66. The molecule has 5 heteroatoms. The van der Waals surface area contributed by atoms with Crippen molar-refractivity contribution in [2.75, 3.05) is 0 Å². The van der Waals surface area contributed by atoms with E-state index >= 15 is 0 Å². The minimum atomic E-state index is 0.615. The van der Waals surface area contributed by atoms with E-state index in [4.69, 9.17) is 0 Å². The Morgan fingerprint density at radius 1 is 0.500 bits per heavy atom. The van der Waals surface area contributed by atoms with Gasteiger partial charge >= 0.3 is 0 Å². The maximum atomic E-state index is 4.50. The molecule has 5 aromatic carbocycles. The molecule has 0 aliphatic rings. The standard InChI is InChI=1S/C31H19N5/c1-2-10-22(11-3-1)35-28-17-21-9-5-4-8-20(21)16-25(28)23-14-15-27-29(30(23)35)24-12-6-7-13-26(24)36(27)31-33-18-32-19-34-31/h1-19H. The maximum absolute atomic E-state index is 4.50. The van der Waals surface area contributed by atoms with Gasteiger partial charge in [0.1, 0.15) is 12.7 Å². The van der Waals surface area contributed by atoms with Gasteiger partial charge in [-0.3, -0.25) is 4.57 Å². The van der Waals surface area contributed by atoms with Gasteiger partial charge < -0.3 is 4.57 Å². The molecule has 0 spiro atoms. The lowest BCUT2D eigenvalue weighted by Crippen LogP contribution is -2.00. The first-order chi connectivity index (χ1) is 17.9. The smallest absolute Gasteiger partial charge is 0.237 e. The molecule has 0 amide bonds. The van der Waals surface area contributed by atoms with Crippen molar-refractivity contribution in [2.45, 2.75) is 0 Å². The molecule has 0 bridgehead atoms. The Morgan fingerprint density at radius 2 is 1.22 bits per heavy atom. The first-order valence-corrected chi connectivity index (χ1v) is 12.0. The first-order valence-electron chi connectivity index (χ1n) is 12.0. The zero-order valence-electron chi connectivity index (χ0n) is 19.2. The molecule has 0 saturated heterocycles. The third kappa shape index (κ3) is 2.57. The predicted octanol–water partition coefficient (Wildman–Crippen LogP) is 7.22. The van der Waals surface area contributed by atoms with Gasteiger partial charge in [-0.05, 0) is 47.2 Å². The van der Waals surface area contributed by atoms with Crippen LogP contribution in [0.3, 0.4) is 0 Å². The van der Waals surface area contributed by atoms with Crippen molar-refractivity contribution in [3.63, 3.8) is 0 Å². The van der Waals surface area contributed by atoms with E-state index in [0.717, 1.165) is 16.7 Å². The second kappa shape index (κ2) is 7.23. The number of nitrogens with zero attached hydrogens (tertiary/aromatic N) is 5. The fourth-order valence-electron chi connectivity index (χ4n) is 5.65. The summed E-state index contributed by atoms with van der Waals surface area (Å²) in [6.07, 6.45) is 3.10. The van der Waals surface area contributed by atoms with E-state index in [1.54, 1.807) is 12.7 Å². The highest BCUT2D eigenvalue weighted by molar-refractivity contribution is 6.27. The lowest BCUT2D eigenvalue weighted by atomic mass is 10.0. The van der Waals surface area contributed by atoms with Crippen molar-refractivity contribution < 1.29 is 0 Å². The fraction of sp³-hybridized carbons (Fsp3) is 0. The molecule has 0 N–H and O–H groups in total. The van der Waals surface area contributed by atoms with E-state index in [1.807, 2.05) is 0 Å². The van der Waals surface area contributed by atoms with Crippen LogP contribution in [0.1, 0.15) is 0 Å². The average molecular weight is 462 g/mol. The van der Waals surface area contributed by atoms with Crippen LogP contribution >= 0.6 is 0 Å². The summed E-state index contributed by atoms with van der Waals surface area (Å²) in [4.78, 5) is 13.0. The molecule has 3 heterocycles. The monoisotopic (exact) mass is 461 g/mol. The average Bonchev–Trinajstić information content (AvgIpc) is 3.45. The normalized spacial score (nSPS) is 11.9. The highest BCUT2D eigenvalue weighted by Gasteiger charge is 2.21. The third-order valence-corrected chi connectivity index (χ3v) is 7.12. The molecule has 0 fully saturated rings. The van der Waals surface area contributed by atoms with Crippen LogP contribution in [0.5, 0.6) is 0 Å². The van der Waals surface area contributed by atoms with Gasteiger partial charge in [-0.1, -0.05) is 66.7 Å². The van der Waals surface area contributed by atoms with E-state index in [0.29, 0.717) is 5.95 Å². The van der Waals surface area contributed by atoms with E-state index in [2.05, 4.69) is 127 Å². The van der Waals surface area contributed by atoms with Crippen molar-refractivity contribution in [1.82, 2.24) is 24.1 Å². The summed E-state index contributed by atoms with van der Waals surface area (Å²) >= 11 is 0. The van der Waals surface area contributed by atoms with Gasteiger partial charge in [0.15, 0.2) is 0 Å². The third-order valence-electron chi connectivity index (χ3n) is 7.12. The van der Waals surface area contributed by atoms with Crippen LogP contribution in [0.25, 0.3) is 66.0 Å². The summed E-state index contributed by atoms with van der Waals surface area (Å²) in [7, 11) is 0. The van der Waals surface area contributed by atoms with Gasteiger partial charge in [-0.25, -0.2) is 15.0 Å². The molecule has 0 unspecified atom stereocenters. The van der Waals surface area contributed by atoms with Gasteiger partial charge in [-0.2, -0.15) is 0 Å². The van der Waals surface area contributed by atoms with Crippen LogP contribution < -0.4 is 0 Å². The van der Waals surface area contributed by atoms with Crippen molar-refractivity contribution in [2.24, 2.45) is 0 Å². The van der Waals surface area contributed by atoms with Gasteiger partial charge in [0, 0.05) is 27.2 Å². The van der Waals surface area contributed by atoms with E-state index in [1.165, 1.54) is 43.4 Å². The van der Waals surface area contributed by atoms with E-state index in [-0.39, 0.29) is 0 Å². The number of rotatable bonds is 2. The number of fused-ring (bicyclic) bond motifs is 8. The second-order valence-electron chi connectivity index (χ2n) is 9.03. The van der Waals surface area contributed by atoms with Crippen LogP contribution in [0.2, 0.25) is 0 Å². The highest BCUT2D eigenvalue weighted by atomic mass is 15.2. The molecule has 0 saturated carbocycles. The molecule has 0 aliphatic heterocycles. The number of hydrogen-bond donors (Lipinski definition) is 0. The van der Waals surface area contributed by atoms with E-state index in [9.17, 15) is 0 Å². The van der Waals surface area contributed by atoms with Gasteiger partial charge in [0.25, 0.3) is 0 Å². The Labute approximate surface area is 205 Å². The topological polar surface area (TPSA) is 48.5 Å². The van der Waals surface area contributed by atoms with Crippen molar-refractivity contribution >= 4 is 54.4 Å². The molecule has 168 valence electrons. The Bertz CT molecular complexity index is 2090. The zero-order chi connectivity index (χ0) is 23.6. The van der Waals surface area contributed by atoms with Crippen LogP contribution in [0.15, 0.2) is 116 Å². The quantitative estimate of drug-likeness (QED) is 0.273. The molecular weight excluding hydrogens is 442 g/mol. The minimum absolute atomic E-state index is 0.615. The first kappa shape index (κ1) is 19.3. The molecular formula is C31H19N5. The zero-order valence-corrected chi connectivity index (χ0v) is 19.2. The summed E-state index contributed by atoms with van der Waals surface area (Å²) in [6.45, 7) is 0. The van der Waals surface area contributed by atoms with Gasteiger partial charge in [-0.15, -0.1) is 0 Å². The van der Waals surface area contributed by atoms with Crippen LogP contribution in [-0.2, 0) is 0 Å². The molecule has 0 atom stereocenters. The molecule has 36 heavy (non-hydrogen) atoms. The molecule has 0 radical (unpaired) electrons. The van der Waals surface area contributed by atoms with E-state index < -0.39 is 0 Å². The Kier molecular flexibility index (Phi) is 3.88. The summed E-state index contributed by atoms with van der Waals surface area (Å²) in [5, 5.41) is 7.30. The Morgan fingerprint density at radius 3 is 2.06 bits per heavy atom. The lowest BCUT2D eigenvalue weighted by molar-refractivity contribution is 0.940. The molecule has 3 aromatic heterocycles. The van der Waals surface area contributed by atoms with Crippen molar-refractivity contribution in [3.8, 4) is 11.6 Å². The Hall–Kier alpha value is -5.03. The second-order valence-corrected chi connectivity index (χ2v) is 9.03. The van der Waals surface area contributed by atoms with Crippen LogP contribution in [0, 0.1) is 0 Å². The predicted molar refractivity (Wildman–Crippen MR) is 146 cm³/mol. The lowest BCUT2D eigenvalue weighted by Gasteiger charge is -2.09. The van der Waals surface area contributed by atoms with Crippen LogP contribution in [0.4, 0.5) is 0 Å². The molecule has 8 rings (SSSR count). The SMILES string of the molecule is c1ccc(-n2c3cc4ccccc4cc3c3ccc4c(c5ccccc5n4-c4ncncn4)c32)cc1. The number of para-hydroxylation sites is 2. The number of aromatic nitrogens is 5. The molecule has 8 aromatic rings. The summed E-state index contributed by atoms with van der Waals surface area (Å²) in [5.41, 5.74) is 5.66. The van der Waals surface area contributed by atoms with Crippen molar-refractivity contribution in [3.05, 3.63) is 116 Å². The number of benzene rings is 5. The number of hydrogen-bond acceptors (Lipinski definition) is 3.